The predicted octanol–water partition coefficient (Wildman–Crippen LogP) is 3.02. The molecular weight excluding hydrogens is 321 g/mol. The van der Waals surface area contributed by atoms with E-state index in [4.69, 9.17) is 0 Å². The Labute approximate surface area is 138 Å². The summed E-state index contributed by atoms with van der Waals surface area (Å²) in [6.45, 7) is 1.49. The van der Waals surface area contributed by atoms with Crippen LogP contribution in [-0.2, 0) is 22.3 Å². The summed E-state index contributed by atoms with van der Waals surface area (Å²) < 4.78 is 37.6. The molecule has 0 saturated heterocycles. The van der Waals surface area contributed by atoms with Crippen molar-refractivity contribution in [2.75, 3.05) is 0 Å². The molecule has 132 valence electrons. The second-order valence-corrected chi connectivity index (χ2v) is 6.14. The minimum absolute atomic E-state index is 0.113. The Bertz CT molecular complexity index is 578. The summed E-state index contributed by atoms with van der Waals surface area (Å²) in [5, 5.41) is 5.39. The highest BCUT2D eigenvalue weighted by Gasteiger charge is 2.31. The highest BCUT2D eigenvalue weighted by Crippen LogP contribution is 2.29. The van der Waals surface area contributed by atoms with E-state index >= 15 is 0 Å². The van der Waals surface area contributed by atoms with Gasteiger partial charge in [0.1, 0.15) is 6.04 Å². The van der Waals surface area contributed by atoms with E-state index < -0.39 is 17.8 Å². The Morgan fingerprint density at radius 1 is 1.17 bits per heavy atom. The van der Waals surface area contributed by atoms with Gasteiger partial charge in [0, 0.05) is 13.5 Å². The van der Waals surface area contributed by atoms with Crippen LogP contribution in [0.1, 0.15) is 43.7 Å². The van der Waals surface area contributed by atoms with Crippen LogP contribution < -0.4 is 10.6 Å². The number of halogens is 3. The Morgan fingerprint density at radius 3 is 2.25 bits per heavy atom. The first-order chi connectivity index (χ1) is 11.3. The summed E-state index contributed by atoms with van der Waals surface area (Å²) in [5.74, 6) is -0.449. The number of nitrogens with one attached hydrogen (secondary N) is 2. The molecule has 1 aliphatic rings. The van der Waals surface area contributed by atoms with E-state index in [9.17, 15) is 22.8 Å². The van der Waals surface area contributed by atoms with Crippen LogP contribution in [0.4, 0.5) is 13.2 Å². The summed E-state index contributed by atoms with van der Waals surface area (Å²) in [4.78, 5) is 23.7. The molecule has 1 saturated carbocycles. The van der Waals surface area contributed by atoms with Gasteiger partial charge in [0.05, 0.1) is 5.56 Å². The molecular formula is C17H21F3N2O2. The molecule has 2 N–H and O–H groups in total. The van der Waals surface area contributed by atoms with Gasteiger partial charge in [-0.05, 0) is 36.5 Å². The molecule has 0 spiro atoms. The molecule has 1 atom stereocenters. The highest BCUT2D eigenvalue weighted by molar-refractivity contribution is 5.87. The van der Waals surface area contributed by atoms with Gasteiger partial charge in [0.25, 0.3) is 0 Å². The molecule has 1 aromatic carbocycles. The van der Waals surface area contributed by atoms with Gasteiger partial charge in [-0.3, -0.25) is 9.59 Å². The molecule has 0 heterocycles. The first-order valence-electron chi connectivity index (χ1n) is 7.98. The van der Waals surface area contributed by atoms with Crippen molar-refractivity contribution in [3.05, 3.63) is 35.4 Å². The van der Waals surface area contributed by atoms with Crippen LogP contribution in [-0.4, -0.2) is 17.9 Å². The van der Waals surface area contributed by atoms with Crippen molar-refractivity contribution in [3.8, 4) is 0 Å². The predicted molar refractivity (Wildman–Crippen MR) is 82.9 cm³/mol. The van der Waals surface area contributed by atoms with Crippen LogP contribution >= 0.6 is 0 Å². The zero-order valence-corrected chi connectivity index (χ0v) is 13.5. The van der Waals surface area contributed by atoms with E-state index in [2.05, 4.69) is 10.6 Å². The topological polar surface area (TPSA) is 58.2 Å². The lowest BCUT2D eigenvalue weighted by atomic mass is 9.97. The van der Waals surface area contributed by atoms with E-state index in [0.29, 0.717) is 5.56 Å². The summed E-state index contributed by atoms with van der Waals surface area (Å²) in [6.07, 6.45) is -0.530. The average molecular weight is 342 g/mol. The molecule has 7 heteroatoms. The summed E-state index contributed by atoms with van der Waals surface area (Å²) in [5.41, 5.74) is -0.149. The third-order valence-electron chi connectivity index (χ3n) is 4.26. The summed E-state index contributed by atoms with van der Waals surface area (Å²) >= 11 is 0. The van der Waals surface area contributed by atoms with Crippen molar-refractivity contribution < 1.29 is 22.8 Å². The normalized spacial score (nSPS) is 16.7. The molecule has 1 aromatic rings. The third-order valence-corrected chi connectivity index (χ3v) is 4.26. The van der Waals surface area contributed by atoms with Crippen molar-refractivity contribution in [2.45, 2.75) is 51.4 Å². The van der Waals surface area contributed by atoms with Crippen molar-refractivity contribution in [3.63, 3.8) is 0 Å². The highest BCUT2D eigenvalue weighted by atomic mass is 19.4. The minimum Gasteiger partial charge on any atom is -0.350 e. The first kappa shape index (κ1) is 18.3. The number of carbonyl (C=O) groups is 2. The molecule has 0 aliphatic heterocycles. The molecule has 0 radical (unpaired) electrons. The van der Waals surface area contributed by atoms with Gasteiger partial charge in [-0.15, -0.1) is 0 Å². The quantitative estimate of drug-likeness (QED) is 0.864. The molecule has 1 fully saturated rings. The maximum atomic E-state index is 12.5. The van der Waals surface area contributed by atoms with Crippen molar-refractivity contribution in [1.82, 2.24) is 10.6 Å². The lowest BCUT2D eigenvalue weighted by molar-refractivity contribution is -0.137. The fourth-order valence-corrected chi connectivity index (χ4v) is 3.02. The fraction of sp³-hybridized carbons (Fsp3) is 0.529. The maximum absolute atomic E-state index is 12.5. The third kappa shape index (κ3) is 4.97. The molecule has 4 nitrogen and oxygen atoms in total. The number of hydrogen-bond donors (Lipinski definition) is 2. The molecule has 1 aliphatic carbocycles. The van der Waals surface area contributed by atoms with Crippen molar-refractivity contribution in [2.24, 2.45) is 5.92 Å². The van der Waals surface area contributed by atoms with Crippen LogP contribution in [0.25, 0.3) is 0 Å². The summed E-state index contributed by atoms with van der Waals surface area (Å²) in [7, 11) is 0. The van der Waals surface area contributed by atoms with Crippen LogP contribution in [0.15, 0.2) is 24.3 Å². The first-order valence-corrected chi connectivity index (χ1v) is 7.98. The zero-order chi connectivity index (χ0) is 17.7. The smallest absolute Gasteiger partial charge is 0.350 e. The van der Waals surface area contributed by atoms with Crippen molar-refractivity contribution in [1.29, 1.82) is 0 Å². The standard InChI is InChI=1S/C17H21F3N2O2/c1-11(23)22-15(13-4-2-3-5-13)16(24)21-10-12-6-8-14(9-7-12)17(18,19)20/h6-9,13,15H,2-5,10H2,1H3,(H,21,24)(H,22,23). The molecule has 1 unspecified atom stereocenters. The van der Waals surface area contributed by atoms with Gasteiger partial charge < -0.3 is 10.6 Å². The van der Waals surface area contributed by atoms with E-state index in [1.807, 2.05) is 0 Å². The lowest BCUT2D eigenvalue weighted by Crippen LogP contribution is -2.49. The molecule has 24 heavy (non-hydrogen) atoms. The molecule has 2 rings (SSSR count). The molecule has 0 aromatic heterocycles. The van der Waals surface area contributed by atoms with Gasteiger partial charge in [-0.25, -0.2) is 0 Å². The van der Waals surface area contributed by atoms with Gasteiger partial charge in [0.15, 0.2) is 0 Å². The van der Waals surface area contributed by atoms with Crippen LogP contribution in [0.5, 0.6) is 0 Å². The van der Waals surface area contributed by atoms with Crippen LogP contribution in [0.3, 0.4) is 0 Å². The summed E-state index contributed by atoms with van der Waals surface area (Å²) in [6, 6.07) is 4.07. The Balaban J connectivity index is 1.95. The van der Waals surface area contributed by atoms with E-state index in [1.165, 1.54) is 19.1 Å². The van der Waals surface area contributed by atoms with Gasteiger partial charge in [0.2, 0.25) is 11.8 Å². The minimum atomic E-state index is -4.37. The average Bonchev–Trinajstić information content (AvgIpc) is 3.03. The number of amides is 2. The monoisotopic (exact) mass is 342 g/mol. The second kappa shape index (κ2) is 7.68. The Hall–Kier alpha value is -2.05. The zero-order valence-electron chi connectivity index (χ0n) is 13.5. The number of hydrogen-bond acceptors (Lipinski definition) is 2. The van der Waals surface area contributed by atoms with E-state index in [1.54, 1.807) is 0 Å². The fourth-order valence-electron chi connectivity index (χ4n) is 3.02. The second-order valence-electron chi connectivity index (χ2n) is 6.14. The van der Waals surface area contributed by atoms with Crippen LogP contribution in [0, 0.1) is 5.92 Å². The lowest BCUT2D eigenvalue weighted by Gasteiger charge is -2.23. The molecule has 0 bridgehead atoms. The maximum Gasteiger partial charge on any atom is 0.416 e. The van der Waals surface area contributed by atoms with Crippen LogP contribution in [0.2, 0.25) is 0 Å². The van der Waals surface area contributed by atoms with Gasteiger partial charge in [-0.2, -0.15) is 13.2 Å². The SMILES string of the molecule is CC(=O)NC(C(=O)NCc1ccc(C(F)(F)F)cc1)C1CCCC1. The molecule has 2 amide bonds. The number of alkyl halides is 3. The largest absolute Gasteiger partial charge is 0.416 e. The number of rotatable bonds is 5. The number of carbonyl (C=O) groups excluding carboxylic acids is 2. The van der Waals surface area contributed by atoms with Gasteiger partial charge >= 0.3 is 6.18 Å². The van der Waals surface area contributed by atoms with Crippen molar-refractivity contribution >= 4 is 11.8 Å². The Morgan fingerprint density at radius 2 is 1.75 bits per heavy atom. The van der Waals surface area contributed by atoms with Gasteiger partial charge in [-0.1, -0.05) is 25.0 Å². The Kier molecular flexibility index (Phi) is 5.85. The number of benzene rings is 1. The van der Waals surface area contributed by atoms with E-state index in [-0.39, 0.29) is 24.3 Å². The van der Waals surface area contributed by atoms with E-state index in [0.717, 1.165) is 37.8 Å².